The molecule has 0 aliphatic rings. The van der Waals surface area contributed by atoms with Crippen LogP contribution in [0.3, 0.4) is 0 Å². The summed E-state index contributed by atoms with van der Waals surface area (Å²) in [5.74, 6) is 1.06. The van der Waals surface area contributed by atoms with Gasteiger partial charge in [-0.3, -0.25) is 0 Å². The molecule has 0 aliphatic carbocycles. The van der Waals surface area contributed by atoms with E-state index < -0.39 is 11.9 Å². The van der Waals surface area contributed by atoms with Gasteiger partial charge < -0.3 is 10.1 Å². The minimum Gasteiger partial charge on any atom is -0.497 e. The Kier molecular flexibility index (Phi) is 4.85. The molecule has 0 fully saturated rings. The third-order valence-electron chi connectivity index (χ3n) is 4.69. The summed E-state index contributed by atoms with van der Waals surface area (Å²) in [6, 6.07) is 15.6. The molecule has 2 aromatic carbocycles. The van der Waals surface area contributed by atoms with Gasteiger partial charge in [0.1, 0.15) is 11.6 Å². The molecule has 0 unspecified atom stereocenters. The molecule has 8 heteroatoms. The lowest BCUT2D eigenvalue weighted by Gasteiger charge is -2.10. The van der Waals surface area contributed by atoms with E-state index in [4.69, 9.17) is 4.74 Å². The first-order valence-electron chi connectivity index (χ1n) is 9.22. The SMILES string of the molecule is COc1ccc(Nc2cc(C)nc3c(-c4ccc(C)cc4)c(C(F)(F)F)nn23)cc1. The number of methoxy groups -OCH3 is 1. The second-order valence-electron chi connectivity index (χ2n) is 6.96. The van der Waals surface area contributed by atoms with Gasteiger partial charge in [0.25, 0.3) is 0 Å². The third kappa shape index (κ3) is 3.68. The smallest absolute Gasteiger partial charge is 0.435 e. The van der Waals surface area contributed by atoms with Crippen molar-refractivity contribution in [2.24, 2.45) is 0 Å². The zero-order valence-corrected chi connectivity index (χ0v) is 16.6. The van der Waals surface area contributed by atoms with E-state index in [-0.39, 0.29) is 11.2 Å². The van der Waals surface area contributed by atoms with Gasteiger partial charge in [-0.25, -0.2) is 4.98 Å². The molecule has 2 aromatic heterocycles. The number of nitrogens with one attached hydrogen (secondary N) is 1. The van der Waals surface area contributed by atoms with Gasteiger partial charge in [-0.2, -0.15) is 22.8 Å². The number of nitrogens with zero attached hydrogens (tertiary/aromatic N) is 3. The number of aromatic nitrogens is 3. The van der Waals surface area contributed by atoms with Gasteiger partial charge in [-0.1, -0.05) is 29.8 Å². The Hall–Kier alpha value is -3.55. The maximum Gasteiger partial charge on any atom is 0.435 e. The van der Waals surface area contributed by atoms with Gasteiger partial charge in [0.05, 0.1) is 12.7 Å². The molecule has 0 aliphatic heterocycles. The van der Waals surface area contributed by atoms with Crippen LogP contribution in [0.2, 0.25) is 0 Å². The van der Waals surface area contributed by atoms with Crippen LogP contribution in [-0.2, 0) is 6.18 Å². The molecule has 0 atom stereocenters. The van der Waals surface area contributed by atoms with Crippen molar-refractivity contribution in [1.82, 2.24) is 14.6 Å². The quantitative estimate of drug-likeness (QED) is 0.461. The number of rotatable bonds is 4. The normalized spacial score (nSPS) is 11.7. The molecule has 1 N–H and O–H groups in total. The molecule has 0 saturated heterocycles. The van der Waals surface area contributed by atoms with Crippen LogP contribution in [0.5, 0.6) is 5.75 Å². The lowest BCUT2D eigenvalue weighted by Crippen LogP contribution is -2.08. The minimum atomic E-state index is -4.63. The molecule has 2 heterocycles. The average molecular weight is 412 g/mol. The number of hydrogen-bond donors (Lipinski definition) is 1. The Morgan fingerprint density at radius 1 is 0.967 bits per heavy atom. The molecule has 0 spiro atoms. The Morgan fingerprint density at radius 2 is 1.63 bits per heavy atom. The molecule has 0 amide bonds. The van der Waals surface area contributed by atoms with Gasteiger partial charge in [0.2, 0.25) is 0 Å². The highest BCUT2D eigenvalue weighted by Crippen LogP contribution is 2.39. The van der Waals surface area contributed by atoms with E-state index in [0.717, 1.165) is 5.56 Å². The van der Waals surface area contributed by atoms with Crippen LogP contribution in [0.25, 0.3) is 16.8 Å². The molecule has 154 valence electrons. The number of ether oxygens (including phenoxy) is 1. The van der Waals surface area contributed by atoms with E-state index in [1.165, 1.54) is 4.52 Å². The predicted molar refractivity (Wildman–Crippen MR) is 109 cm³/mol. The van der Waals surface area contributed by atoms with Crippen LogP contribution >= 0.6 is 0 Å². The molecule has 5 nitrogen and oxygen atoms in total. The molecular formula is C22H19F3N4O. The van der Waals surface area contributed by atoms with Crippen LogP contribution in [0.4, 0.5) is 24.7 Å². The van der Waals surface area contributed by atoms with Crippen molar-refractivity contribution >= 4 is 17.2 Å². The van der Waals surface area contributed by atoms with Crippen molar-refractivity contribution in [3.63, 3.8) is 0 Å². The third-order valence-corrected chi connectivity index (χ3v) is 4.69. The van der Waals surface area contributed by atoms with Gasteiger partial charge in [-0.15, -0.1) is 0 Å². The zero-order valence-electron chi connectivity index (χ0n) is 16.6. The number of halogens is 3. The topological polar surface area (TPSA) is 51.5 Å². The average Bonchev–Trinajstić information content (AvgIpc) is 3.09. The number of anilines is 2. The highest BCUT2D eigenvalue weighted by atomic mass is 19.4. The van der Waals surface area contributed by atoms with Gasteiger partial charge in [0, 0.05) is 17.4 Å². The van der Waals surface area contributed by atoms with E-state index in [0.29, 0.717) is 28.5 Å². The first-order valence-corrected chi connectivity index (χ1v) is 9.22. The number of aryl methyl sites for hydroxylation is 2. The lowest BCUT2D eigenvalue weighted by molar-refractivity contribution is -0.140. The van der Waals surface area contributed by atoms with E-state index in [1.54, 1.807) is 68.6 Å². The van der Waals surface area contributed by atoms with Crippen LogP contribution in [0.15, 0.2) is 54.6 Å². The van der Waals surface area contributed by atoms with Crippen LogP contribution in [-0.4, -0.2) is 21.7 Å². The van der Waals surface area contributed by atoms with E-state index in [9.17, 15) is 13.2 Å². The molecule has 0 radical (unpaired) electrons. The maximum absolute atomic E-state index is 13.9. The standard InChI is InChI=1S/C22H19F3N4O/c1-13-4-6-15(7-5-13)19-20(22(23,24)25)28-29-18(12-14(2)26-21(19)29)27-16-8-10-17(30-3)11-9-16/h4-12,27H,1-3H3. The Bertz CT molecular complexity index is 1200. The van der Waals surface area contributed by atoms with Gasteiger partial charge in [0.15, 0.2) is 11.3 Å². The zero-order chi connectivity index (χ0) is 21.5. The molecule has 0 saturated carbocycles. The van der Waals surface area contributed by atoms with Crippen molar-refractivity contribution in [1.29, 1.82) is 0 Å². The highest BCUT2D eigenvalue weighted by molar-refractivity contribution is 5.82. The molecule has 30 heavy (non-hydrogen) atoms. The van der Waals surface area contributed by atoms with Crippen molar-refractivity contribution in [2.75, 3.05) is 12.4 Å². The van der Waals surface area contributed by atoms with Crippen molar-refractivity contribution in [3.05, 3.63) is 71.5 Å². The fourth-order valence-corrected chi connectivity index (χ4v) is 3.23. The largest absolute Gasteiger partial charge is 0.497 e. The number of alkyl halides is 3. The fourth-order valence-electron chi connectivity index (χ4n) is 3.23. The molecular weight excluding hydrogens is 393 g/mol. The van der Waals surface area contributed by atoms with E-state index in [2.05, 4.69) is 15.4 Å². The Balaban J connectivity index is 1.91. The van der Waals surface area contributed by atoms with E-state index >= 15 is 0 Å². The molecule has 4 rings (SSSR count). The minimum absolute atomic E-state index is 0.0380. The monoisotopic (exact) mass is 412 g/mol. The van der Waals surface area contributed by atoms with Crippen molar-refractivity contribution < 1.29 is 17.9 Å². The first-order chi connectivity index (χ1) is 14.3. The summed E-state index contributed by atoms with van der Waals surface area (Å²) in [6.07, 6.45) is -4.63. The highest BCUT2D eigenvalue weighted by Gasteiger charge is 2.39. The number of benzene rings is 2. The summed E-state index contributed by atoms with van der Waals surface area (Å²) in [5, 5.41) is 7.02. The van der Waals surface area contributed by atoms with Gasteiger partial charge >= 0.3 is 6.18 Å². The summed E-state index contributed by atoms with van der Waals surface area (Å²) < 4.78 is 47.9. The number of fused-ring (bicyclic) bond motifs is 1. The predicted octanol–water partition coefficient (Wildman–Crippen LogP) is 5.78. The van der Waals surface area contributed by atoms with Crippen LogP contribution < -0.4 is 10.1 Å². The second-order valence-corrected chi connectivity index (χ2v) is 6.96. The summed E-state index contributed by atoms with van der Waals surface area (Å²) in [7, 11) is 1.56. The summed E-state index contributed by atoms with van der Waals surface area (Å²) in [4.78, 5) is 4.38. The van der Waals surface area contributed by atoms with Crippen LogP contribution in [0.1, 0.15) is 17.0 Å². The summed E-state index contributed by atoms with van der Waals surface area (Å²) in [6.45, 7) is 3.61. The summed E-state index contributed by atoms with van der Waals surface area (Å²) in [5.41, 5.74) is 1.75. The Labute approximate surface area is 171 Å². The van der Waals surface area contributed by atoms with Gasteiger partial charge in [-0.05, 0) is 43.7 Å². The summed E-state index contributed by atoms with van der Waals surface area (Å²) >= 11 is 0. The molecule has 0 bridgehead atoms. The van der Waals surface area contributed by atoms with Crippen LogP contribution in [0, 0.1) is 13.8 Å². The first kappa shape index (κ1) is 19.8. The molecule has 4 aromatic rings. The maximum atomic E-state index is 13.9. The fraction of sp³-hybridized carbons (Fsp3) is 0.182. The second kappa shape index (κ2) is 7.37. The van der Waals surface area contributed by atoms with Crippen molar-refractivity contribution in [3.8, 4) is 16.9 Å². The lowest BCUT2D eigenvalue weighted by atomic mass is 10.0. The number of hydrogen-bond acceptors (Lipinski definition) is 4. The van der Waals surface area contributed by atoms with Crippen molar-refractivity contribution in [2.45, 2.75) is 20.0 Å². The Morgan fingerprint density at radius 3 is 2.23 bits per heavy atom. The van der Waals surface area contributed by atoms with E-state index in [1.807, 2.05) is 6.92 Å².